The Kier molecular flexibility index (Phi) is 33.0. The predicted molar refractivity (Wildman–Crippen MR) is 181 cm³/mol. The van der Waals surface area contributed by atoms with Crippen LogP contribution in [0.4, 0.5) is 0 Å². The van der Waals surface area contributed by atoms with E-state index in [9.17, 15) is 9.90 Å². The van der Waals surface area contributed by atoms with Gasteiger partial charge in [-0.1, -0.05) is 161 Å². The van der Waals surface area contributed by atoms with Crippen LogP contribution in [-0.4, -0.2) is 23.3 Å². The van der Waals surface area contributed by atoms with Gasteiger partial charge in [0.05, 0.1) is 6.10 Å². The molecule has 0 saturated heterocycles. The van der Waals surface area contributed by atoms with E-state index in [0.29, 0.717) is 6.42 Å². The van der Waals surface area contributed by atoms with Crippen molar-refractivity contribution in [3.63, 3.8) is 0 Å². The molecule has 0 aromatic carbocycles. The summed E-state index contributed by atoms with van der Waals surface area (Å²) in [6.45, 7) is 6.77. The zero-order valence-electron chi connectivity index (χ0n) is 28.3. The molecule has 0 spiro atoms. The van der Waals surface area contributed by atoms with Crippen molar-refractivity contribution >= 4 is 5.97 Å². The van der Waals surface area contributed by atoms with Crippen molar-refractivity contribution in [1.29, 1.82) is 0 Å². The van der Waals surface area contributed by atoms with E-state index in [2.05, 4.69) is 32.9 Å². The topological polar surface area (TPSA) is 46.5 Å². The van der Waals surface area contributed by atoms with E-state index in [1.54, 1.807) is 0 Å². The first-order valence-corrected chi connectivity index (χ1v) is 18.7. The van der Waals surface area contributed by atoms with Crippen molar-refractivity contribution in [2.45, 2.75) is 226 Å². The monoisotopic (exact) mass is 579 g/mol. The fourth-order valence-corrected chi connectivity index (χ4v) is 5.70. The molecular formula is C38H74O3. The first-order valence-electron chi connectivity index (χ1n) is 18.7. The van der Waals surface area contributed by atoms with Crippen molar-refractivity contribution in [3.8, 4) is 0 Å². The number of esters is 1. The molecule has 41 heavy (non-hydrogen) atoms. The fraction of sp³-hybridized carbons (Fsp3) is 0.921. The Morgan fingerprint density at radius 2 is 0.951 bits per heavy atom. The normalized spacial score (nSPS) is 13.2. The number of aliphatic hydroxyl groups excluding tert-OH is 1. The van der Waals surface area contributed by atoms with Crippen LogP contribution in [0.5, 0.6) is 0 Å². The van der Waals surface area contributed by atoms with Gasteiger partial charge in [0, 0.05) is 6.42 Å². The van der Waals surface area contributed by atoms with Gasteiger partial charge in [0.1, 0.15) is 6.10 Å². The number of hydrogen-bond acceptors (Lipinski definition) is 3. The fourth-order valence-electron chi connectivity index (χ4n) is 5.70. The van der Waals surface area contributed by atoms with E-state index in [1.165, 1.54) is 135 Å². The van der Waals surface area contributed by atoms with Crippen molar-refractivity contribution < 1.29 is 14.6 Å². The highest BCUT2D eigenvalue weighted by Gasteiger charge is 2.14. The quantitative estimate of drug-likeness (QED) is 0.0478. The van der Waals surface area contributed by atoms with Crippen LogP contribution in [0.25, 0.3) is 0 Å². The Bertz CT molecular complexity index is 544. The lowest BCUT2D eigenvalue weighted by atomic mass is 10.0. The van der Waals surface area contributed by atoms with Crippen LogP contribution >= 0.6 is 0 Å². The molecule has 0 aliphatic rings. The highest BCUT2D eigenvalue weighted by atomic mass is 16.5. The number of allylic oxidation sites excluding steroid dienone is 1. The minimum absolute atomic E-state index is 0.0353. The van der Waals surface area contributed by atoms with Crippen molar-refractivity contribution in [2.24, 2.45) is 0 Å². The van der Waals surface area contributed by atoms with E-state index < -0.39 is 0 Å². The standard InChI is InChI=1S/C38H74O3/c1-4-7-10-13-15-16-20-24-29-34-37(33-28-23-14-11-8-5-2)41-38(40)35-30-25-21-18-17-19-22-27-32-36(39)31-26-12-9-6-3/h22,27,36-37,39H,4-21,23-26,28-35H2,1-3H3/b27-22-/t36-,37?/m1/s1. The Morgan fingerprint density at radius 3 is 1.49 bits per heavy atom. The zero-order valence-corrected chi connectivity index (χ0v) is 28.3. The summed E-state index contributed by atoms with van der Waals surface area (Å²) in [5.41, 5.74) is 0. The lowest BCUT2D eigenvalue weighted by molar-refractivity contribution is -0.150. The molecule has 0 aliphatic heterocycles. The first-order chi connectivity index (χ1) is 20.1. The smallest absolute Gasteiger partial charge is 0.306 e. The lowest BCUT2D eigenvalue weighted by Gasteiger charge is -2.18. The zero-order chi connectivity index (χ0) is 30.1. The van der Waals surface area contributed by atoms with Gasteiger partial charge in [-0.2, -0.15) is 0 Å². The van der Waals surface area contributed by atoms with Crippen LogP contribution < -0.4 is 0 Å². The summed E-state index contributed by atoms with van der Waals surface area (Å²) in [5.74, 6) is 0.0353. The summed E-state index contributed by atoms with van der Waals surface area (Å²) in [4.78, 5) is 12.6. The van der Waals surface area contributed by atoms with Gasteiger partial charge in [-0.05, 0) is 57.8 Å². The van der Waals surface area contributed by atoms with E-state index >= 15 is 0 Å². The van der Waals surface area contributed by atoms with Crippen LogP contribution in [0.3, 0.4) is 0 Å². The minimum Gasteiger partial charge on any atom is -0.462 e. The van der Waals surface area contributed by atoms with Crippen LogP contribution in [-0.2, 0) is 9.53 Å². The molecule has 0 amide bonds. The molecule has 1 unspecified atom stereocenters. The molecular weight excluding hydrogens is 504 g/mol. The molecule has 0 heterocycles. The lowest BCUT2D eigenvalue weighted by Crippen LogP contribution is -2.18. The first kappa shape index (κ1) is 40.2. The van der Waals surface area contributed by atoms with Crippen LogP contribution in [0.1, 0.15) is 213 Å². The Morgan fingerprint density at radius 1 is 0.537 bits per heavy atom. The van der Waals surface area contributed by atoms with Crippen LogP contribution in [0.15, 0.2) is 12.2 Å². The minimum atomic E-state index is -0.168. The Labute approximate surface area is 258 Å². The molecule has 0 aromatic rings. The average molecular weight is 579 g/mol. The number of hydrogen-bond donors (Lipinski definition) is 1. The van der Waals surface area contributed by atoms with E-state index in [-0.39, 0.29) is 18.2 Å². The maximum Gasteiger partial charge on any atom is 0.306 e. The molecule has 0 bridgehead atoms. The maximum atomic E-state index is 12.6. The van der Waals surface area contributed by atoms with Gasteiger partial charge in [-0.25, -0.2) is 0 Å². The van der Waals surface area contributed by atoms with E-state index in [0.717, 1.165) is 51.4 Å². The van der Waals surface area contributed by atoms with Crippen molar-refractivity contribution in [2.75, 3.05) is 0 Å². The van der Waals surface area contributed by atoms with Gasteiger partial charge in [0.15, 0.2) is 0 Å². The molecule has 244 valence electrons. The molecule has 0 aliphatic carbocycles. The average Bonchev–Trinajstić information content (AvgIpc) is 2.97. The van der Waals surface area contributed by atoms with Crippen LogP contribution in [0.2, 0.25) is 0 Å². The molecule has 0 fully saturated rings. The third kappa shape index (κ3) is 31.9. The summed E-state index contributed by atoms with van der Waals surface area (Å²) >= 11 is 0. The Balaban J connectivity index is 3.96. The summed E-state index contributed by atoms with van der Waals surface area (Å²) in [6.07, 6.45) is 40.4. The molecule has 0 rings (SSSR count). The highest BCUT2D eigenvalue weighted by molar-refractivity contribution is 5.69. The molecule has 0 saturated carbocycles. The summed E-state index contributed by atoms with van der Waals surface area (Å²) < 4.78 is 6.01. The molecule has 3 nitrogen and oxygen atoms in total. The molecule has 1 N–H and O–H groups in total. The van der Waals surface area contributed by atoms with Gasteiger partial charge in [-0.3, -0.25) is 4.79 Å². The third-order valence-corrected chi connectivity index (χ3v) is 8.52. The second-order valence-electron chi connectivity index (χ2n) is 12.8. The van der Waals surface area contributed by atoms with Gasteiger partial charge in [0.25, 0.3) is 0 Å². The van der Waals surface area contributed by atoms with Gasteiger partial charge < -0.3 is 9.84 Å². The van der Waals surface area contributed by atoms with E-state index in [1.807, 2.05) is 0 Å². The maximum absolute atomic E-state index is 12.6. The largest absolute Gasteiger partial charge is 0.462 e. The van der Waals surface area contributed by atoms with Crippen molar-refractivity contribution in [1.82, 2.24) is 0 Å². The molecule has 0 aromatic heterocycles. The van der Waals surface area contributed by atoms with Crippen molar-refractivity contribution in [3.05, 3.63) is 12.2 Å². The second kappa shape index (κ2) is 33.7. The molecule has 2 atom stereocenters. The predicted octanol–water partition coefficient (Wildman–Crippen LogP) is 12.6. The molecule has 0 radical (unpaired) electrons. The number of rotatable bonds is 33. The Hall–Kier alpha value is -0.830. The number of aliphatic hydroxyl groups is 1. The number of ether oxygens (including phenoxy) is 1. The summed E-state index contributed by atoms with van der Waals surface area (Å²) in [5, 5.41) is 10.0. The second-order valence-corrected chi connectivity index (χ2v) is 12.8. The SMILES string of the molecule is CCCCCCCCCCCC(CCCCCCCC)OC(=O)CCCCCCC/C=C\C[C@H](O)CCCCCC. The number of carbonyl (C=O) groups is 1. The molecule has 3 heteroatoms. The number of carbonyl (C=O) groups excluding carboxylic acids is 1. The van der Waals surface area contributed by atoms with E-state index in [4.69, 9.17) is 4.74 Å². The summed E-state index contributed by atoms with van der Waals surface area (Å²) in [6, 6.07) is 0. The van der Waals surface area contributed by atoms with Gasteiger partial charge in [-0.15, -0.1) is 0 Å². The van der Waals surface area contributed by atoms with Crippen LogP contribution in [0, 0.1) is 0 Å². The summed E-state index contributed by atoms with van der Waals surface area (Å²) in [7, 11) is 0. The van der Waals surface area contributed by atoms with Gasteiger partial charge in [0.2, 0.25) is 0 Å². The third-order valence-electron chi connectivity index (χ3n) is 8.52. The highest BCUT2D eigenvalue weighted by Crippen LogP contribution is 2.19. The van der Waals surface area contributed by atoms with Gasteiger partial charge >= 0.3 is 5.97 Å². The number of unbranched alkanes of at least 4 members (excludes halogenated alkanes) is 21.